The minimum absolute atomic E-state index is 0.407. The Bertz CT molecular complexity index is 322. The molecule has 1 aliphatic heterocycles. The molecule has 0 aromatic heterocycles. The molecule has 1 heterocycles. The highest BCUT2D eigenvalue weighted by Gasteiger charge is 2.24. The van der Waals surface area contributed by atoms with E-state index >= 15 is 0 Å². The van der Waals surface area contributed by atoms with Crippen molar-refractivity contribution < 1.29 is 8.42 Å². The number of hydrogen-bond donors (Lipinski definition) is 0. The lowest BCUT2D eigenvalue weighted by Gasteiger charge is -1.94. The van der Waals surface area contributed by atoms with E-state index in [9.17, 15) is 8.42 Å². The molecule has 0 atom stereocenters. The molecule has 10 heavy (non-hydrogen) atoms. The van der Waals surface area contributed by atoms with Crippen LogP contribution in [-0.2, 0) is 9.84 Å². The SMILES string of the molecule is CC1=CC(Br)=C(C)S1(=O)=O. The minimum Gasteiger partial charge on any atom is -0.219 e. The van der Waals surface area contributed by atoms with Crippen molar-refractivity contribution in [3.05, 3.63) is 20.4 Å². The van der Waals surface area contributed by atoms with Gasteiger partial charge in [0.2, 0.25) is 0 Å². The maximum absolute atomic E-state index is 11.1. The molecular weight excluding hydrogens is 216 g/mol. The van der Waals surface area contributed by atoms with Crippen molar-refractivity contribution in [3.8, 4) is 0 Å². The predicted octanol–water partition coefficient (Wildman–Crippen LogP) is 1.95. The summed E-state index contributed by atoms with van der Waals surface area (Å²) in [6.45, 7) is 3.18. The van der Waals surface area contributed by atoms with Gasteiger partial charge in [-0.1, -0.05) is 0 Å². The molecule has 0 aromatic rings. The van der Waals surface area contributed by atoms with Crippen LogP contribution in [0.1, 0.15) is 13.8 Å². The molecule has 0 radical (unpaired) electrons. The van der Waals surface area contributed by atoms with Gasteiger partial charge in [0, 0.05) is 9.39 Å². The van der Waals surface area contributed by atoms with Crippen LogP contribution in [0.3, 0.4) is 0 Å². The lowest BCUT2D eigenvalue weighted by molar-refractivity contribution is 0.608. The van der Waals surface area contributed by atoms with Crippen molar-refractivity contribution in [1.82, 2.24) is 0 Å². The fourth-order valence-electron chi connectivity index (χ4n) is 0.728. The quantitative estimate of drug-likeness (QED) is 0.628. The summed E-state index contributed by atoms with van der Waals surface area (Å²) in [5.74, 6) is 0. The largest absolute Gasteiger partial charge is 0.219 e. The van der Waals surface area contributed by atoms with Crippen LogP contribution in [0.2, 0.25) is 0 Å². The van der Waals surface area contributed by atoms with Crippen LogP contribution in [-0.4, -0.2) is 8.42 Å². The summed E-state index contributed by atoms with van der Waals surface area (Å²) < 4.78 is 23.0. The van der Waals surface area contributed by atoms with Crippen LogP contribution in [0.25, 0.3) is 0 Å². The predicted molar refractivity (Wildman–Crippen MR) is 44.3 cm³/mol. The van der Waals surface area contributed by atoms with Crippen LogP contribution in [0.5, 0.6) is 0 Å². The van der Waals surface area contributed by atoms with E-state index in [1.807, 2.05) is 0 Å². The molecule has 0 saturated carbocycles. The Kier molecular flexibility index (Phi) is 1.76. The van der Waals surface area contributed by atoms with Crippen molar-refractivity contribution in [2.24, 2.45) is 0 Å². The van der Waals surface area contributed by atoms with E-state index in [0.717, 1.165) is 0 Å². The van der Waals surface area contributed by atoms with Crippen molar-refractivity contribution in [3.63, 3.8) is 0 Å². The summed E-state index contributed by atoms with van der Waals surface area (Å²) in [5.41, 5.74) is 0. The maximum Gasteiger partial charge on any atom is 0.199 e. The van der Waals surface area contributed by atoms with E-state index in [1.54, 1.807) is 19.9 Å². The molecule has 1 rings (SSSR count). The van der Waals surface area contributed by atoms with Gasteiger partial charge in [0.15, 0.2) is 9.84 Å². The molecule has 0 spiro atoms. The third-order valence-electron chi connectivity index (χ3n) is 1.49. The highest BCUT2D eigenvalue weighted by Crippen LogP contribution is 2.31. The first-order chi connectivity index (χ1) is 4.46. The van der Waals surface area contributed by atoms with Gasteiger partial charge in [0.05, 0.1) is 4.91 Å². The zero-order chi connectivity index (χ0) is 7.94. The van der Waals surface area contributed by atoms with E-state index in [-0.39, 0.29) is 0 Å². The second kappa shape index (κ2) is 2.20. The normalized spacial score (nSPS) is 23.3. The molecule has 0 bridgehead atoms. The van der Waals surface area contributed by atoms with E-state index in [0.29, 0.717) is 14.3 Å². The van der Waals surface area contributed by atoms with Crippen LogP contribution >= 0.6 is 15.9 Å². The Morgan fingerprint density at radius 1 is 1.40 bits per heavy atom. The zero-order valence-corrected chi connectivity index (χ0v) is 8.08. The second-order valence-electron chi connectivity index (χ2n) is 2.16. The molecule has 0 N–H and O–H groups in total. The smallest absolute Gasteiger partial charge is 0.199 e. The fourth-order valence-corrected chi connectivity index (χ4v) is 2.93. The van der Waals surface area contributed by atoms with Gasteiger partial charge in [-0.15, -0.1) is 0 Å². The third-order valence-corrected chi connectivity index (χ3v) is 4.57. The van der Waals surface area contributed by atoms with Gasteiger partial charge in [-0.25, -0.2) is 8.42 Å². The van der Waals surface area contributed by atoms with E-state index in [4.69, 9.17) is 0 Å². The lowest BCUT2D eigenvalue weighted by Crippen LogP contribution is -1.97. The lowest BCUT2D eigenvalue weighted by atomic mass is 10.5. The number of allylic oxidation sites excluding steroid dienone is 4. The molecule has 56 valence electrons. The molecule has 0 fully saturated rings. The summed E-state index contributed by atoms with van der Waals surface area (Å²) in [7, 11) is -3.06. The number of rotatable bonds is 0. The molecule has 1 aliphatic rings. The first-order valence-corrected chi connectivity index (χ1v) is 5.03. The third kappa shape index (κ3) is 0.953. The highest BCUT2D eigenvalue weighted by molar-refractivity contribution is 9.12. The number of hydrogen-bond acceptors (Lipinski definition) is 2. The van der Waals surface area contributed by atoms with E-state index in [2.05, 4.69) is 15.9 Å². The van der Waals surface area contributed by atoms with Crippen LogP contribution in [0.15, 0.2) is 20.4 Å². The first kappa shape index (κ1) is 8.01. The van der Waals surface area contributed by atoms with Crippen molar-refractivity contribution in [2.75, 3.05) is 0 Å². The average molecular weight is 223 g/mol. The van der Waals surface area contributed by atoms with Crippen molar-refractivity contribution in [1.29, 1.82) is 0 Å². The molecule has 0 saturated heterocycles. The summed E-state index contributed by atoms with van der Waals surface area (Å²) in [6, 6.07) is 0. The Morgan fingerprint density at radius 2 is 1.90 bits per heavy atom. The van der Waals surface area contributed by atoms with Gasteiger partial charge in [0.1, 0.15) is 0 Å². The minimum atomic E-state index is -3.06. The Morgan fingerprint density at radius 3 is 2.00 bits per heavy atom. The van der Waals surface area contributed by atoms with Gasteiger partial charge < -0.3 is 0 Å². The monoisotopic (exact) mass is 222 g/mol. The average Bonchev–Trinajstić information content (AvgIpc) is 1.97. The van der Waals surface area contributed by atoms with Crippen molar-refractivity contribution in [2.45, 2.75) is 13.8 Å². The topological polar surface area (TPSA) is 34.1 Å². The van der Waals surface area contributed by atoms with E-state index in [1.165, 1.54) is 0 Å². The van der Waals surface area contributed by atoms with Gasteiger partial charge in [-0.3, -0.25) is 0 Å². The first-order valence-electron chi connectivity index (χ1n) is 2.76. The summed E-state index contributed by atoms with van der Waals surface area (Å²) in [5, 5.41) is 0. The van der Waals surface area contributed by atoms with Crippen LogP contribution < -0.4 is 0 Å². The Hall–Kier alpha value is -0.0900. The van der Waals surface area contributed by atoms with Crippen LogP contribution in [0.4, 0.5) is 0 Å². The Balaban J connectivity index is 3.39. The van der Waals surface area contributed by atoms with Crippen molar-refractivity contribution >= 4 is 25.8 Å². The maximum atomic E-state index is 11.1. The van der Waals surface area contributed by atoms with Gasteiger partial charge in [-0.05, 0) is 35.9 Å². The van der Waals surface area contributed by atoms with Gasteiger partial charge in [0.25, 0.3) is 0 Å². The molecule has 0 amide bonds. The molecule has 0 unspecified atom stereocenters. The van der Waals surface area contributed by atoms with Gasteiger partial charge in [-0.2, -0.15) is 0 Å². The summed E-state index contributed by atoms with van der Waals surface area (Å²) in [6.07, 6.45) is 1.62. The van der Waals surface area contributed by atoms with Crippen LogP contribution in [0, 0.1) is 0 Å². The molecule has 4 heteroatoms. The zero-order valence-electron chi connectivity index (χ0n) is 5.68. The number of halogens is 1. The Labute approximate surface area is 68.7 Å². The number of sulfone groups is 1. The highest BCUT2D eigenvalue weighted by atomic mass is 79.9. The standard InChI is InChI=1S/C6H7BrO2S/c1-4-3-6(7)5(2)10(4,8)9/h3H,1-2H3. The fraction of sp³-hybridized carbons (Fsp3) is 0.333. The second-order valence-corrected chi connectivity index (χ2v) is 5.28. The summed E-state index contributed by atoms with van der Waals surface area (Å²) in [4.78, 5) is 0.821. The molecule has 0 aliphatic carbocycles. The molecule has 0 aromatic carbocycles. The van der Waals surface area contributed by atoms with E-state index < -0.39 is 9.84 Å². The molecular formula is C6H7BrO2S. The van der Waals surface area contributed by atoms with Gasteiger partial charge >= 0.3 is 0 Å². The molecule has 2 nitrogen and oxygen atoms in total. The summed E-state index contributed by atoms with van der Waals surface area (Å²) >= 11 is 3.14.